The number of alkyl halides is 1. The molecular formula is C60H65BrCl3N15O4. The number of amides is 3. The van der Waals surface area contributed by atoms with E-state index in [-0.39, 0.29) is 41.0 Å². The van der Waals surface area contributed by atoms with E-state index in [9.17, 15) is 19.2 Å². The van der Waals surface area contributed by atoms with Crippen molar-refractivity contribution < 1.29 is 19.2 Å². The number of allylic oxidation sites excluding steroid dienone is 2. The van der Waals surface area contributed by atoms with E-state index in [0.29, 0.717) is 68.7 Å². The SMILES string of the molecule is CN(C)C/C=C/C(=O)Nc1ccc(C(=O)N[C@@]2(C)CCC[C@@H](Nc3ncc(Cl)c(-c4c[nH]c5ccccc45)n3)C2)nc1.C[C@]1(NC(=O)c2ccc(N)cn2)CCC[C@@H](Nc2ncc(Cl)c(-c3c[nH]c4ccccc34)n2)C1.O=C(Cl)/C=C/CBr. The van der Waals surface area contributed by atoms with Crippen LogP contribution < -0.4 is 32.3 Å². The fourth-order valence-corrected chi connectivity index (χ4v) is 10.8. The predicted molar refractivity (Wildman–Crippen MR) is 335 cm³/mol. The number of aromatic nitrogens is 8. The van der Waals surface area contributed by atoms with Gasteiger partial charge in [0, 0.05) is 86.4 Å². The van der Waals surface area contributed by atoms with Gasteiger partial charge in [-0.25, -0.2) is 29.9 Å². The third-order valence-electron chi connectivity index (χ3n) is 14.0. The summed E-state index contributed by atoms with van der Waals surface area (Å²) in [7, 11) is 3.85. The lowest BCUT2D eigenvalue weighted by atomic mass is 9.80. The molecule has 0 radical (unpaired) electrons. The van der Waals surface area contributed by atoms with Crippen molar-refractivity contribution >= 4 is 119 Å². The summed E-state index contributed by atoms with van der Waals surface area (Å²) in [6.45, 7) is 4.78. The summed E-state index contributed by atoms with van der Waals surface area (Å²) in [5.41, 5.74) is 11.8. The number of hydrogen-bond acceptors (Lipinski definition) is 14. The maximum absolute atomic E-state index is 13.1. The number of pyridine rings is 2. The third-order valence-corrected chi connectivity index (χ3v) is 15.0. The highest BCUT2D eigenvalue weighted by molar-refractivity contribution is 9.09. The van der Waals surface area contributed by atoms with Crippen molar-refractivity contribution in [3.8, 4) is 22.5 Å². The van der Waals surface area contributed by atoms with Crippen LogP contribution in [0.5, 0.6) is 0 Å². The van der Waals surface area contributed by atoms with Crippen LogP contribution in [0.4, 0.5) is 23.3 Å². The summed E-state index contributed by atoms with van der Waals surface area (Å²) in [5, 5.41) is 19.3. The molecule has 0 aliphatic heterocycles. The lowest BCUT2D eigenvalue weighted by Gasteiger charge is -2.39. The van der Waals surface area contributed by atoms with Gasteiger partial charge in [0.15, 0.2) is 0 Å². The van der Waals surface area contributed by atoms with Crippen LogP contribution in [-0.4, -0.2) is 117 Å². The number of carbonyl (C=O) groups excluding carboxylic acids is 4. The van der Waals surface area contributed by atoms with Gasteiger partial charge in [-0.3, -0.25) is 19.2 Å². The summed E-state index contributed by atoms with van der Waals surface area (Å²) < 4.78 is 0. The molecule has 2 aromatic carbocycles. The van der Waals surface area contributed by atoms with E-state index in [4.69, 9.17) is 50.5 Å². The van der Waals surface area contributed by atoms with E-state index in [1.165, 1.54) is 24.5 Å². The molecule has 23 heteroatoms. The van der Waals surface area contributed by atoms with Crippen LogP contribution in [-0.2, 0) is 9.59 Å². The minimum absolute atomic E-state index is 0.0622. The first-order valence-corrected chi connectivity index (χ1v) is 29.2. The van der Waals surface area contributed by atoms with Gasteiger partial charge in [0.1, 0.15) is 11.4 Å². The molecule has 83 heavy (non-hydrogen) atoms. The Labute approximate surface area is 504 Å². The molecule has 2 aliphatic rings. The van der Waals surface area contributed by atoms with E-state index >= 15 is 0 Å². The van der Waals surface area contributed by atoms with Crippen molar-refractivity contribution in [2.45, 2.75) is 88.4 Å². The largest absolute Gasteiger partial charge is 0.397 e. The molecule has 0 saturated heterocycles. The second-order valence-electron chi connectivity index (χ2n) is 21.1. The molecule has 0 bridgehead atoms. The molecule has 6 aromatic heterocycles. The monoisotopic (exact) mass is 1240 g/mol. The molecule has 0 spiro atoms. The van der Waals surface area contributed by atoms with Crippen LogP contribution in [0, 0.1) is 0 Å². The summed E-state index contributed by atoms with van der Waals surface area (Å²) in [4.78, 5) is 83.0. The van der Waals surface area contributed by atoms with Crippen molar-refractivity contribution in [1.82, 2.24) is 55.4 Å². The number of carbonyl (C=O) groups is 4. The van der Waals surface area contributed by atoms with E-state index < -0.39 is 10.8 Å². The smallest absolute Gasteiger partial charge is 0.270 e. The lowest BCUT2D eigenvalue weighted by Crippen LogP contribution is -2.51. The zero-order valence-electron chi connectivity index (χ0n) is 46.3. The second-order valence-corrected chi connectivity index (χ2v) is 22.9. The molecule has 3 amide bonds. The van der Waals surface area contributed by atoms with Crippen LogP contribution >= 0.6 is 50.7 Å². The first kappa shape index (κ1) is 61.3. The van der Waals surface area contributed by atoms with Crippen molar-refractivity contribution in [3.05, 3.63) is 156 Å². The lowest BCUT2D eigenvalue weighted by molar-refractivity contribution is -0.112. The maximum atomic E-state index is 13.1. The fraction of sp³-hybridized carbons (Fsp3) is 0.300. The topological polar surface area (TPSA) is 267 Å². The van der Waals surface area contributed by atoms with Gasteiger partial charge in [-0.1, -0.05) is 87.7 Å². The Morgan fingerprint density at radius 1 is 0.687 bits per heavy atom. The minimum Gasteiger partial charge on any atom is -0.397 e. The Kier molecular flexibility index (Phi) is 21.1. The Bertz CT molecular complexity index is 3620. The minimum atomic E-state index is -0.440. The normalized spacial score (nSPS) is 18.7. The highest BCUT2D eigenvalue weighted by atomic mass is 79.9. The summed E-state index contributed by atoms with van der Waals surface area (Å²) in [6, 6.07) is 22.8. The van der Waals surface area contributed by atoms with Gasteiger partial charge in [0.2, 0.25) is 23.0 Å². The summed E-state index contributed by atoms with van der Waals surface area (Å²) >= 11 is 21.0. The average molecular weight is 1250 g/mol. The van der Waals surface area contributed by atoms with Gasteiger partial charge in [0.25, 0.3) is 11.8 Å². The zero-order chi connectivity index (χ0) is 59.1. The number of anilines is 4. The van der Waals surface area contributed by atoms with Gasteiger partial charge in [-0.15, -0.1) is 0 Å². The van der Waals surface area contributed by atoms with E-state index in [0.717, 1.165) is 77.9 Å². The molecule has 2 fully saturated rings. The molecule has 2 saturated carbocycles. The number of benzene rings is 2. The zero-order valence-corrected chi connectivity index (χ0v) is 50.1. The van der Waals surface area contributed by atoms with E-state index in [1.54, 1.807) is 48.8 Å². The molecular weight excluding hydrogens is 1180 g/mol. The first-order valence-electron chi connectivity index (χ1n) is 26.9. The summed E-state index contributed by atoms with van der Waals surface area (Å²) in [5.74, 6) is 0.308. The highest BCUT2D eigenvalue weighted by Crippen LogP contribution is 2.36. The number of halogens is 4. The molecule has 6 heterocycles. The molecule has 432 valence electrons. The number of nitrogen functional groups attached to an aromatic ring is 1. The van der Waals surface area contributed by atoms with Crippen LogP contribution in [0.2, 0.25) is 10.0 Å². The Morgan fingerprint density at radius 3 is 1.64 bits per heavy atom. The average Bonchev–Trinajstić information content (AvgIpc) is 4.33. The number of H-pyrrole nitrogens is 2. The van der Waals surface area contributed by atoms with Crippen LogP contribution in [0.3, 0.4) is 0 Å². The van der Waals surface area contributed by atoms with Crippen molar-refractivity contribution in [2.75, 3.05) is 47.7 Å². The van der Waals surface area contributed by atoms with Gasteiger partial charge in [-0.05, 0) is 133 Å². The fourth-order valence-electron chi connectivity index (χ4n) is 10.1. The number of fused-ring (bicyclic) bond motifs is 2. The molecule has 0 unspecified atom stereocenters. The standard InChI is InChI=1S/C31H35ClN8O2.C25H26ClN7O.C4H4BrClO/c1-31(39-29(42)26-13-12-21(17-33-26)36-27(41)11-7-15-40(2)3)14-6-8-20(16-31)37-30-35-19-24(32)28(38-30)23-18-34-25-10-5-4-9-22(23)25;1-25(33-23(34)21-9-8-15(27)12-28-21)10-4-5-16(11-25)31-24-30-14-19(26)22(32-24)18-13-29-20-7-3-2-6-17(18)20;5-3-1-2-4(6)7/h4-5,7,9-13,17-20,34H,6,8,14-16H2,1-3H3,(H,36,41)(H,39,42)(H,35,37,38);2-3,6-9,12-14,16,29H,4-5,10-11,27H2,1H3,(H,33,34)(H,30,31,32);1-2H,3H2/b11-7+;;2-1+/t20-,31+;16-,25+;/m11./s1. The number of nitrogens with two attached hydrogens (primary N) is 1. The Balaban J connectivity index is 0.000000198. The second kappa shape index (κ2) is 28.5. The van der Waals surface area contributed by atoms with Crippen molar-refractivity contribution in [2.24, 2.45) is 0 Å². The van der Waals surface area contributed by atoms with Gasteiger partial charge >= 0.3 is 0 Å². The number of para-hydroxylation sites is 2. The number of nitrogens with zero attached hydrogens (tertiary/aromatic N) is 7. The highest BCUT2D eigenvalue weighted by Gasteiger charge is 2.36. The molecule has 9 N–H and O–H groups in total. The molecule has 8 aromatic rings. The molecule has 10 rings (SSSR count). The third kappa shape index (κ3) is 17.2. The molecule has 2 aliphatic carbocycles. The van der Waals surface area contributed by atoms with Crippen LogP contribution in [0.1, 0.15) is 86.2 Å². The number of aromatic amines is 2. The van der Waals surface area contributed by atoms with Crippen LogP contribution in [0.15, 0.2) is 134 Å². The Morgan fingerprint density at radius 2 is 1.19 bits per heavy atom. The van der Waals surface area contributed by atoms with E-state index in [2.05, 4.69) is 79.3 Å². The number of likely N-dealkylation sites (N-methyl/N-ethyl adjacent to an activating group) is 1. The predicted octanol–water partition coefficient (Wildman–Crippen LogP) is 11.8. The van der Waals surface area contributed by atoms with Crippen molar-refractivity contribution in [3.63, 3.8) is 0 Å². The molecule has 19 nitrogen and oxygen atoms in total. The number of hydrogen-bond donors (Lipinski definition) is 8. The Hall–Kier alpha value is -7.75. The van der Waals surface area contributed by atoms with Gasteiger partial charge in [0.05, 0.1) is 57.6 Å². The van der Waals surface area contributed by atoms with Crippen molar-refractivity contribution in [1.29, 1.82) is 0 Å². The quantitative estimate of drug-likeness (QED) is 0.0254. The summed E-state index contributed by atoms with van der Waals surface area (Å²) in [6.07, 6.45) is 23.2. The van der Waals surface area contributed by atoms with E-state index in [1.807, 2.05) is 86.8 Å². The number of rotatable bonds is 16. The first-order chi connectivity index (χ1) is 39.9. The maximum Gasteiger partial charge on any atom is 0.270 e. The number of nitrogens with one attached hydrogen (secondary N) is 7. The molecule has 4 atom stereocenters. The van der Waals surface area contributed by atoms with Gasteiger partial charge < -0.3 is 47.2 Å². The van der Waals surface area contributed by atoms with Crippen LogP contribution in [0.25, 0.3) is 44.3 Å². The van der Waals surface area contributed by atoms with Gasteiger partial charge in [-0.2, -0.15) is 0 Å².